The van der Waals surface area contributed by atoms with Crippen molar-refractivity contribution in [2.24, 2.45) is 0 Å². The molecule has 0 spiro atoms. The highest BCUT2D eigenvalue weighted by Crippen LogP contribution is 2.36. The highest BCUT2D eigenvalue weighted by molar-refractivity contribution is 5.76. The van der Waals surface area contributed by atoms with E-state index in [2.05, 4.69) is 0 Å². The van der Waals surface area contributed by atoms with Crippen molar-refractivity contribution in [3.8, 4) is 22.6 Å². The van der Waals surface area contributed by atoms with Crippen LogP contribution in [0.15, 0.2) is 36.4 Å². The van der Waals surface area contributed by atoms with Gasteiger partial charge in [0, 0.05) is 17.2 Å². The summed E-state index contributed by atoms with van der Waals surface area (Å²) in [5.74, 6) is 0.101. The number of rotatable bonds is 2. The molecule has 2 rings (SSSR count). The largest absolute Gasteiger partial charge is 0.507 e. The topological polar surface area (TPSA) is 29.5 Å². The van der Waals surface area contributed by atoms with Crippen molar-refractivity contribution >= 4 is 0 Å². The number of aryl methyl sites for hydroxylation is 1. The summed E-state index contributed by atoms with van der Waals surface area (Å²) in [6.45, 7) is 1.95. The minimum atomic E-state index is -0.460. The predicted molar refractivity (Wildman–Crippen MR) is 64.8 cm³/mol. The number of methoxy groups -OCH3 is 1. The van der Waals surface area contributed by atoms with Crippen LogP contribution in [0.3, 0.4) is 0 Å². The highest BCUT2D eigenvalue weighted by Gasteiger charge is 2.10. The Morgan fingerprint density at radius 2 is 1.82 bits per heavy atom. The third kappa shape index (κ3) is 2.23. The number of hydrogen-bond donors (Lipinski definition) is 1. The zero-order valence-electron chi connectivity index (χ0n) is 9.70. The van der Waals surface area contributed by atoms with E-state index in [1.807, 2.05) is 25.1 Å². The molecule has 0 aromatic heterocycles. The Bertz CT molecular complexity index is 550. The summed E-state index contributed by atoms with van der Waals surface area (Å²) in [6, 6.07) is 9.60. The van der Waals surface area contributed by atoms with Crippen LogP contribution in [0.25, 0.3) is 11.1 Å². The van der Waals surface area contributed by atoms with E-state index < -0.39 is 5.82 Å². The average molecular weight is 232 g/mol. The van der Waals surface area contributed by atoms with Crippen LogP contribution in [0, 0.1) is 12.7 Å². The molecule has 0 aliphatic rings. The Kier molecular flexibility index (Phi) is 3.00. The molecule has 0 radical (unpaired) electrons. The zero-order valence-corrected chi connectivity index (χ0v) is 9.70. The van der Waals surface area contributed by atoms with Gasteiger partial charge in [0.1, 0.15) is 17.3 Å². The van der Waals surface area contributed by atoms with Crippen molar-refractivity contribution in [3.05, 3.63) is 47.8 Å². The van der Waals surface area contributed by atoms with Gasteiger partial charge in [-0.25, -0.2) is 4.39 Å². The number of ether oxygens (including phenoxy) is 1. The molecule has 0 heterocycles. The van der Waals surface area contributed by atoms with Gasteiger partial charge in [0.25, 0.3) is 0 Å². The van der Waals surface area contributed by atoms with Crippen LogP contribution in [0.5, 0.6) is 11.5 Å². The Hall–Kier alpha value is -2.03. The highest BCUT2D eigenvalue weighted by atomic mass is 19.1. The van der Waals surface area contributed by atoms with Crippen molar-refractivity contribution < 1.29 is 14.2 Å². The van der Waals surface area contributed by atoms with E-state index in [0.717, 1.165) is 17.2 Å². The predicted octanol–water partition coefficient (Wildman–Crippen LogP) is 3.52. The van der Waals surface area contributed by atoms with Gasteiger partial charge in [-0.05, 0) is 31.2 Å². The number of aromatic hydroxyl groups is 1. The molecule has 88 valence electrons. The van der Waals surface area contributed by atoms with Gasteiger partial charge in [0.15, 0.2) is 0 Å². The molecular formula is C14H13FO2. The fourth-order valence-corrected chi connectivity index (χ4v) is 1.76. The van der Waals surface area contributed by atoms with Crippen molar-refractivity contribution in [1.82, 2.24) is 0 Å². The lowest BCUT2D eigenvalue weighted by Gasteiger charge is -2.11. The van der Waals surface area contributed by atoms with Gasteiger partial charge in [-0.2, -0.15) is 0 Å². The number of halogens is 1. The molecule has 2 aromatic carbocycles. The van der Waals surface area contributed by atoms with Gasteiger partial charge in [-0.3, -0.25) is 0 Å². The van der Waals surface area contributed by atoms with Crippen LogP contribution < -0.4 is 4.74 Å². The van der Waals surface area contributed by atoms with Gasteiger partial charge >= 0.3 is 0 Å². The molecule has 0 atom stereocenters. The Labute approximate surface area is 99.3 Å². The molecule has 0 unspecified atom stereocenters. The fraction of sp³-hybridized carbons (Fsp3) is 0.143. The normalized spacial score (nSPS) is 10.3. The number of phenolic OH excluding ortho intramolecular Hbond substituents is 1. The molecule has 0 fully saturated rings. The lowest BCUT2D eigenvalue weighted by Crippen LogP contribution is -1.89. The minimum Gasteiger partial charge on any atom is -0.507 e. The number of hydrogen-bond acceptors (Lipinski definition) is 2. The van der Waals surface area contributed by atoms with E-state index in [4.69, 9.17) is 4.74 Å². The summed E-state index contributed by atoms with van der Waals surface area (Å²) in [4.78, 5) is 0. The lowest BCUT2D eigenvalue weighted by atomic mass is 10.0. The molecule has 17 heavy (non-hydrogen) atoms. The van der Waals surface area contributed by atoms with Crippen LogP contribution >= 0.6 is 0 Å². The maximum Gasteiger partial charge on any atom is 0.126 e. The molecule has 1 N–H and O–H groups in total. The quantitative estimate of drug-likeness (QED) is 0.858. The second-order valence-corrected chi connectivity index (χ2v) is 3.87. The second kappa shape index (κ2) is 4.45. The first-order valence-corrected chi connectivity index (χ1v) is 5.25. The van der Waals surface area contributed by atoms with E-state index in [-0.39, 0.29) is 5.75 Å². The van der Waals surface area contributed by atoms with Gasteiger partial charge in [-0.1, -0.05) is 11.6 Å². The number of phenols is 1. The molecular weight excluding hydrogens is 219 g/mol. The minimum absolute atomic E-state index is 0.0890. The van der Waals surface area contributed by atoms with Gasteiger partial charge < -0.3 is 9.84 Å². The summed E-state index contributed by atoms with van der Waals surface area (Å²) < 4.78 is 18.2. The van der Waals surface area contributed by atoms with Crippen LogP contribution in [0.1, 0.15) is 5.56 Å². The standard InChI is InChI=1S/C14H13FO2/c1-9-3-6-14(17-2)12(7-9)11-5-4-10(15)8-13(11)16/h3-8,16H,1-2H3. The first-order valence-electron chi connectivity index (χ1n) is 5.25. The zero-order chi connectivity index (χ0) is 12.4. The molecule has 0 saturated carbocycles. The smallest absolute Gasteiger partial charge is 0.126 e. The van der Waals surface area contributed by atoms with Crippen molar-refractivity contribution in [2.45, 2.75) is 6.92 Å². The molecule has 3 heteroatoms. The van der Waals surface area contributed by atoms with E-state index in [1.165, 1.54) is 6.07 Å². The van der Waals surface area contributed by atoms with Gasteiger partial charge in [0.05, 0.1) is 7.11 Å². The van der Waals surface area contributed by atoms with E-state index >= 15 is 0 Å². The Morgan fingerprint density at radius 1 is 1.06 bits per heavy atom. The van der Waals surface area contributed by atoms with E-state index in [9.17, 15) is 9.50 Å². The Balaban J connectivity index is 2.62. The first kappa shape index (κ1) is 11.5. The fourth-order valence-electron chi connectivity index (χ4n) is 1.76. The van der Waals surface area contributed by atoms with Crippen LogP contribution in [0.2, 0.25) is 0 Å². The van der Waals surface area contributed by atoms with E-state index in [1.54, 1.807) is 13.2 Å². The maximum atomic E-state index is 12.9. The SMILES string of the molecule is COc1ccc(C)cc1-c1ccc(F)cc1O. The van der Waals surface area contributed by atoms with Crippen molar-refractivity contribution in [2.75, 3.05) is 7.11 Å². The molecule has 2 aromatic rings. The maximum absolute atomic E-state index is 12.9. The van der Waals surface area contributed by atoms with Crippen LogP contribution in [0.4, 0.5) is 4.39 Å². The summed E-state index contributed by atoms with van der Waals surface area (Å²) in [5, 5.41) is 9.76. The van der Waals surface area contributed by atoms with Crippen LogP contribution in [-0.4, -0.2) is 12.2 Å². The Morgan fingerprint density at radius 3 is 2.47 bits per heavy atom. The number of benzene rings is 2. The van der Waals surface area contributed by atoms with Crippen molar-refractivity contribution in [3.63, 3.8) is 0 Å². The lowest BCUT2D eigenvalue weighted by molar-refractivity contribution is 0.415. The summed E-state index contributed by atoms with van der Waals surface area (Å²) in [7, 11) is 1.56. The van der Waals surface area contributed by atoms with Crippen LogP contribution in [-0.2, 0) is 0 Å². The summed E-state index contributed by atoms with van der Waals surface area (Å²) in [6.07, 6.45) is 0. The monoisotopic (exact) mass is 232 g/mol. The van der Waals surface area contributed by atoms with Gasteiger partial charge in [-0.15, -0.1) is 0 Å². The molecule has 0 saturated heterocycles. The van der Waals surface area contributed by atoms with E-state index in [0.29, 0.717) is 11.3 Å². The summed E-state index contributed by atoms with van der Waals surface area (Å²) in [5.41, 5.74) is 2.36. The molecule has 2 nitrogen and oxygen atoms in total. The second-order valence-electron chi connectivity index (χ2n) is 3.87. The average Bonchev–Trinajstić information content (AvgIpc) is 2.29. The molecule has 0 bridgehead atoms. The molecule has 0 aliphatic carbocycles. The van der Waals surface area contributed by atoms with Gasteiger partial charge in [0.2, 0.25) is 0 Å². The molecule has 0 aliphatic heterocycles. The van der Waals surface area contributed by atoms with Crippen molar-refractivity contribution in [1.29, 1.82) is 0 Å². The summed E-state index contributed by atoms with van der Waals surface area (Å²) >= 11 is 0. The third-order valence-electron chi connectivity index (χ3n) is 2.60. The molecule has 0 amide bonds. The first-order chi connectivity index (χ1) is 8.11. The third-order valence-corrected chi connectivity index (χ3v) is 2.60.